The van der Waals surface area contributed by atoms with Crippen LogP contribution in [-0.2, 0) is 4.57 Å². The molecule has 35 heavy (non-hydrogen) atoms. The molecule has 0 amide bonds. The number of anilines is 1. The molecular formula is C25H18Cl2N3O3PS. The molecule has 1 atom stereocenters. The highest BCUT2D eigenvalue weighted by molar-refractivity contribution is 7.72. The number of hydrogen-bond acceptors (Lipinski definition) is 5. The van der Waals surface area contributed by atoms with Crippen LogP contribution < -0.4 is 5.09 Å². The molecule has 1 heterocycles. The first kappa shape index (κ1) is 24.9. The molecule has 10 heteroatoms. The lowest BCUT2D eigenvalue weighted by atomic mass is 10.1. The van der Waals surface area contributed by atoms with Crippen LogP contribution in [0.3, 0.4) is 0 Å². The van der Waals surface area contributed by atoms with E-state index >= 15 is 0 Å². The van der Waals surface area contributed by atoms with Crippen LogP contribution in [0.15, 0.2) is 102 Å². The first-order valence-corrected chi connectivity index (χ1v) is 13.8. The molecule has 0 fully saturated rings. The number of hydrogen-bond donors (Lipinski definition) is 1. The third-order valence-corrected chi connectivity index (χ3v) is 8.57. The second kappa shape index (κ2) is 11.0. The van der Waals surface area contributed by atoms with Gasteiger partial charge in [-0.25, -0.2) is 4.98 Å². The standard InChI is InChI=1S/C25H18Cl2N3O3PS/c26-22(18-7-3-1-4-8-18)15-34(33,16-23(27)19-9-5-2-6-10-19)29-25-28-24(17-35-25)20-11-13-21(14-12-20)30(31)32/h1-17H,(H,28,29,33)/b22-15+,23-16?. The number of benzene rings is 3. The van der Waals surface area contributed by atoms with Gasteiger partial charge in [-0.1, -0.05) is 83.9 Å². The summed E-state index contributed by atoms with van der Waals surface area (Å²) < 4.78 is 14.1. The first-order valence-electron chi connectivity index (χ1n) is 10.3. The fraction of sp³-hybridized carbons (Fsp3) is 0. The Hall–Kier alpha value is -3.22. The molecule has 1 N–H and O–H groups in total. The largest absolute Gasteiger partial charge is 0.306 e. The number of halogens is 2. The quantitative estimate of drug-likeness (QED) is 0.137. The third-order valence-electron chi connectivity index (χ3n) is 4.86. The highest BCUT2D eigenvalue weighted by atomic mass is 35.5. The highest BCUT2D eigenvalue weighted by Crippen LogP contribution is 2.54. The molecule has 0 saturated heterocycles. The maximum Gasteiger partial charge on any atom is 0.269 e. The van der Waals surface area contributed by atoms with Gasteiger partial charge in [0.25, 0.3) is 5.69 Å². The van der Waals surface area contributed by atoms with Crippen LogP contribution in [0.2, 0.25) is 0 Å². The molecule has 4 aromatic rings. The second-order valence-electron chi connectivity index (χ2n) is 7.35. The van der Waals surface area contributed by atoms with Gasteiger partial charge in [0.05, 0.1) is 20.7 Å². The van der Waals surface area contributed by atoms with Gasteiger partial charge >= 0.3 is 0 Å². The fourth-order valence-electron chi connectivity index (χ4n) is 3.14. The summed E-state index contributed by atoms with van der Waals surface area (Å²) >= 11 is 14.3. The molecule has 6 nitrogen and oxygen atoms in total. The lowest BCUT2D eigenvalue weighted by Crippen LogP contribution is -1.94. The summed E-state index contributed by atoms with van der Waals surface area (Å²) in [4.78, 5) is 15.0. The number of aromatic nitrogens is 1. The molecule has 1 unspecified atom stereocenters. The van der Waals surface area contributed by atoms with E-state index in [1.165, 1.54) is 35.1 Å². The molecule has 0 aliphatic carbocycles. The van der Waals surface area contributed by atoms with Crippen LogP contribution in [0, 0.1) is 10.1 Å². The van der Waals surface area contributed by atoms with Crippen molar-refractivity contribution in [3.05, 3.63) is 123 Å². The molecule has 0 radical (unpaired) electrons. The lowest BCUT2D eigenvalue weighted by Gasteiger charge is -2.13. The first-order chi connectivity index (χ1) is 16.8. The van der Waals surface area contributed by atoms with E-state index in [-0.39, 0.29) is 5.69 Å². The summed E-state index contributed by atoms with van der Waals surface area (Å²) in [5.74, 6) is 2.92. The summed E-state index contributed by atoms with van der Waals surface area (Å²) in [6.45, 7) is 0. The van der Waals surface area contributed by atoms with Crippen molar-refractivity contribution < 1.29 is 9.49 Å². The van der Waals surface area contributed by atoms with Crippen molar-refractivity contribution >= 4 is 62.7 Å². The predicted molar refractivity (Wildman–Crippen MR) is 146 cm³/mol. The van der Waals surface area contributed by atoms with Crippen molar-refractivity contribution in [2.24, 2.45) is 0 Å². The van der Waals surface area contributed by atoms with Gasteiger partial charge < -0.3 is 5.09 Å². The van der Waals surface area contributed by atoms with E-state index in [0.29, 0.717) is 37.6 Å². The number of nitro groups is 1. The number of thiazole rings is 1. The van der Waals surface area contributed by atoms with E-state index in [9.17, 15) is 14.7 Å². The summed E-state index contributed by atoms with van der Waals surface area (Å²) in [5.41, 5.74) is 2.71. The zero-order chi connectivity index (χ0) is 24.8. The molecule has 0 spiro atoms. The highest BCUT2D eigenvalue weighted by Gasteiger charge is 2.21. The van der Waals surface area contributed by atoms with Gasteiger partial charge in [0.2, 0.25) is 7.29 Å². The minimum Gasteiger partial charge on any atom is -0.306 e. The summed E-state index contributed by atoms with van der Waals surface area (Å²) in [5, 5.41) is 16.7. The van der Waals surface area contributed by atoms with Crippen molar-refractivity contribution in [2.45, 2.75) is 0 Å². The molecule has 0 aliphatic heterocycles. The Balaban J connectivity index is 1.68. The molecule has 3 aromatic carbocycles. The molecule has 176 valence electrons. The maximum atomic E-state index is 14.1. The number of nitrogens with zero attached hydrogens (tertiary/aromatic N) is 2. The van der Waals surface area contributed by atoms with Gasteiger partial charge in [0.15, 0.2) is 5.13 Å². The average molecular weight is 542 g/mol. The molecular weight excluding hydrogens is 524 g/mol. The van der Waals surface area contributed by atoms with Gasteiger partial charge in [0.1, 0.15) is 0 Å². The molecule has 0 saturated carbocycles. The van der Waals surface area contributed by atoms with E-state index in [4.69, 9.17) is 23.2 Å². The number of non-ortho nitro benzene ring substituents is 1. The van der Waals surface area contributed by atoms with Crippen LogP contribution in [0.1, 0.15) is 11.1 Å². The predicted octanol–water partition coefficient (Wildman–Crippen LogP) is 8.88. The van der Waals surface area contributed by atoms with E-state index in [2.05, 4.69) is 10.1 Å². The maximum absolute atomic E-state index is 14.1. The Labute approximate surface area is 216 Å². The van der Waals surface area contributed by atoms with Crippen LogP contribution in [0.4, 0.5) is 10.8 Å². The average Bonchev–Trinajstić information content (AvgIpc) is 3.33. The van der Waals surface area contributed by atoms with Crippen molar-refractivity contribution in [1.82, 2.24) is 4.98 Å². The van der Waals surface area contributed by atoms with Gasteiger partial charge in [-0.2, -0.15) is 0 Å². The zero-order valence-electron chi connectivity index (χ0n) is 18.0. The van der Waals surface area contributed by atoms with Gasteiger partial charge in [-0.15, -0.1) is 11.3 Å². The van der Waals surface area contributed by atoms with Crippen LogP contribution >= 0.6 is 41.8 Å². The summed E-state index contributed by atoms with van der Waals surface area (Å²) in [6.07, 6.45) is 0. The zero-order valence-corrected chi connectivity index (χ0v) is 21.3. The minimum absolute atomic E-state index is 0.00629. The number of nitrogens with one attached hydrogen (secondary N) is 1. The Kier molecular flexibility index (Phi) is 7.83. The molecule has 0 bridgehead atoms. The third kappa shape index (κ3) is 6.47. The monoisotopic (exact) mass is 541 g/mol. The number of rotatable bonds is 8. The summed E-state index contributed by atoms with van der Waals surface area (Å²) in [6, 6.07) is 24.5. The van der Waals surface area contributed by atoms with E-state index < -0.39 is 12.2 Å². The normalized spacial score (nSPS) is 13.8. The van der Waals surface area contributed by atoms with Crippen molar-refractivity contribution in [1.29, 1.82) is 0 Å². The number of nitro benzene ring substituents is 1. The second-order valence-corrected chi connectivity index (χ2v) is 11.2. The van der Waals surface area contributed by atoms with Gasteiger partial charge in [0, 0.05) is 34.7 Å². The SMILES string of the molecule is O=[N+]([O-])c1ccc(-c2csc(NP(=O)(C=C(Cl)c3ccccc3)/C=C(/Cl)c3ccccc3)n2)cc1. The fourth-order valence-corrected chi connectivity index (χ4v) is 6.99. The van der Waals surface area contributed by atoms with Crippen molar-refractivity contribution in [3.8, 4) is 11.3 Å². The van der Waals surface area contributed by atoms with Gasteiger partial charge in [-0.05, 0) is 23.3 Å². The van der Waals surface area contributed by atoms with Crippen LogP contribution in [0.5, 0.6) is 0 Å². The Bertz CT molecular complexity index is 1380. The Morgan fingerprint density at radius 3 is 1.89 bits per heavy atom. The molecule has 4 rings (SSSR count). The molecule has 1 aromatic heterocycles. The Morgan fingerprint density at radius 1 is 0.886 bits per heavy atom. The van der Waals surface area contributed by atoms with Crippen molar-refractivity contribution in [2.75, 3.05) is 5.09 Å². The minimum atomic E-state index is -3.46. The van der Waals surface area contributed by atoms with Crippen LogP contribution in [-0.4, -0.2) is 9.91 Å². The van der Waals surface area contributed by atoms with E-state index in [1.54, 1.807) is 17.5 Å². The molecule has 0 aliphatic rings. The Morgan fingerprint density at radius 2 is 1.40 bits per heavy atom. The van der Waals surface area contributed by atoms with E-state index in [0.717, 1.165) is 0 Å². The van der Waals surface area contributed by atoms with E-state index in [1.807, 2.05) is 60.7 Å². The van der Waals surface area contributed by atoms with Gasteiger partial charge in [-0.3, -0.25) is 14.7 Å². The summed E-state index contributed by atoms with van der Waals surface area (Å²) in [7, 11) is -3.46. The van der Waals surface area contributed by atoms with Crippen molar-refractivity contribution in [3.63, 3.8) is 0 Å². The topological polar surface area (TPSA) is 85.1 Å². The lowest BCUT2D eigenvalue weighted by molar-refractivity contribution is -0.384. The van der Waals surface area contributed by atoms with Crippen LogP contribution in [0.25, 0.3) is 21.3 Å². The smallest absolute Gasteiger partial charge is 0.269 e.